The average molecular weight is 495 g/mol. The summed E-state index contributed by atoms with van der Waals surface area (Å²) >= 11 is 6.24. The number of Topliss-reactive ketones (excluding diaryl/α,β-unsaturated/α-hetero) is 1. The fourth-order valence-electron chi connectivity index (χ4n) is 4.35. The van der Waals surface area contributed by atoms with Gasteiger partial charge in [-0.15, -0.1) is 0 Å². The number of hydrogen-bond acceptors (Lipinski definition) is 7. The number of pyridine rings is 1. The molecule has 4 rings (SSSR count). The van der Waals surface area contributed by atoms with Crippen molar-refractivity contribution in [1.29, 1.82) is 0 Å². The Morgan fingerprint density at radius 1 is 1.17 bits per heavy atom. The van der Waals surface area contributed by atoms with Gasteiger partial charge < -0.3 is 15.5 Å². The number of piperidine rings is 1. The summed E-state index contributed by atoms with van der Waals surface area (Å²) < 4.78 is 0. The minimum atomic E-state index is -0.139. The molecular weight excluding hydrogens is 464 g/mol. The minimum absolute atomic E-state index is 0.00143. The molecule has 3 aromatic rings. The van der Waals surface area contributed by atoms with Crippen LogP contribution in [0.3, 0.4) is 0 Å². The number of halogens is 1. The highest BCUT2D eigenvalue weighted by Gasteiger charge is 2.27. The summed E-state index contributed by atoms with van der Waals surface area (Å²) in [5.41, 5.74) is 1.76. The molecule has 1 aromatic carbocycles. The fourth-order valence-corrected chi connectivity index (χ4v) is 4.55. The Morgan fingerprint density at radius 3 is 2.86 bits per heavy atom. The van der Waals surface area contributed by atoms with E-state index in [-0.39, 0.29) is 17.6 Å². The Hall–Kier alpha value is -3.26. The maximum Gasteiger partial charge on any atom is 0.224 e. The molecule has 1 aliphatic heterocycles. The third-order valence-corrected chi connectivity index (χ3v) is 6.58. The van der Waals surface area contributed by atoms with Gasteiger partial charge >= 0.3 is 0 Å². The Morgan fingerprint density at radius 2 is 2.03 bits per heavy atom. The number of amides is 1. The van der Waals surface area contributed by atoms with Crippen molar-refractivity contribution in [3.8, 4) is 0 Å². The van der Waals surface area contributed by atoms with Crippen LogP contribution in [0.25, 0.3) is 10.9 Å². The van der Waals surface area contributed by atoms with Crippen molar-refractivity contribution >= 4 is 46.0 Å². The molecule has 1 amide bonds. The van der Waals surface area contributed by atoms with Crippen molar-refractivity contribution in [2.45, 2.75) is 45.6 Å². The standard InChI is InChI=1S/C26H31ClN6O2/c1-2-6-20(34)10-12-29-25(35)19-8-5-14-33(17-19)24-21-16-31-26(32-23(21)11-13-28-24)30-15-18-7-3-4-9-22(18)27/h3-4,7,9,11,13,16,19H,2,5-6,8,10,12,14-15,17H2,1H3,(H,29,35)(H,30,31,32). The Balaban J connectivity index is 1.41. The van der Waals surface area contributed by atoms with E-state index in [4.69, 9.17) is 11.6 Å². The lowest BCUT2D eigenvalue weighted by molar-refractivity contribution is -0.125. The largest absolute Gasteiger partial charge is 0.355 e. The number of nitrogens with zero attached hydrogens (tertiary/aromatic N) is 4. The number of ketones is 1. The molecule has 9 heteroatoms. The number of benzene rings is 1. The van der Waals surface area contributed by atoms with Crippen LogP contribution >= 0.6 is 11.6 Å². The van der Waals surface area contributed by atoms with Gasteiger partial charge in [0.05, 0.1) is 16.8 Å². The molecular formula is C26H31ClN6O2. The predicted octanol–water partition coefficient (Wildman–Crippen LogP) is 4.38. The van der Waals surface area contributed by atoms with Gasteiger partial charge in [0, 0.05) is 56.4 Å². The lowest BCUT2D eigenvalue weighted by atomic mass is 9.96. The third-order valence-electron chi connectivity index (χ3n) is 6.21. The van der Waals surface area contributed by atoms with E-state index in [0.717, 1.165) is 48.1 Å². The third kappa shape index (κ3) is 6.45. The fraction of sp³-hybridized carbons (Fsp3) is 0.423. The van der Waals surface area contributed by atoms with Crippen LogP contribution in [0, 0.1) is 5.92 Å². The van der Waals surface area contributed by atoms with Crippen LogP contribution < -0.4 is 15.5 Å². The molecule has 0 saturated carbocycles. The summed E-state index contributed by atoms with van der Waals surface area (Å²) in [6, 6.07) is 9.53. The maximum absolute atomic E-state index is 12.7. The summed E-state index contributed by atoms with van der Waals surface area (Å²) in [6.45, 7) is 4.30. The second kappa shape index (κ2) is 11.9. The number of carbonyl (C=O) groups excluding carboxylic acids is 2. The second-order valence-corrected chi connectivity index (χ2v) is 9.23. The normalized spacial score (nSPS) is 15.7. The SMILES string of the molecule is CCCC(=O)CCNC(=O)C1CCCN(c2nccc3nc(NCc4ccccc4Cl)ncc23)C1. The molecule has 1 atom stereocenters. The Bertz CT molecular complexity index is 1190. The van der Waals surface area contributed by atoms with Crippen LogP contribution in [0.2, 0.25) is 5.02 Å². The van der Waals surface area contributed by atoms with Crippen molar-refractivity contribution in [1.82, 2.24) is 20.3 Å². The molecule has 1 saturated heterocycles. The van der Waals surface area contributed by atoms with E-state index in [2.05, 4.69) is 30.5 Å². The molecule has 8 nitrogen and oxygen atoms in total. The summed E-state index contributed by atoms with van der Waals surface area (Å²) in [5.74, 6) is 1.36. The number of anilines is 2. The van der Waals surface area contributed by atoms with Gasteiger partial charge in [-0.05, 0) is 37.0 Å². The molecule has 2 N–H and O–H groups in total. The first-order valence-electron chi connectivity index (χ1n) is 12.2. The van der Waals surface area contributed by atoms with E-state index in [1.807, 2.05) is 37.3 Å². The first kappa shape index (κ1) is 24.9. The number of nitrogens with one attached hydrogen (secondary N) is 2. The highest BCUT2D eigenvalue weighted by Crippen LogP contribution is 2.28. The first-order valence-corrected chi connectivity index (χ1v) is 12.6. The lowest BCUT2D eigenvalue weighted by Gasteiger charge is -2.33. The second-order valence-electron chi connectivity index (χ2n) is 8.82. The molecule has 184 valence electrons. The van der Waals surface area contributed by atoms with Crippen LogP contribution in [0.4, 0.5) is 11.8 Å². The zero-order chi connectivity index (χ0) is 24.6. The van der Waals surface area contributed by atoms with Crippen molar-refractivity contribution < 1.29 is 9.59 Å². The number of hydrogen-bond donors (Lipinski definition) is 2. The minimum Gasteiger partial charge on any atom is -0.355 e. The Kier molecular flexibility index (Phi) is 8.47. The van der Waals surface area contributed by atoms with Crippen LogP contribution in [0.15, 0.2) is 42.7 Å². The van der Waals surface area contributed by atoms with Crippen molar-refractivity contribution in [3.05, 3.63) is 53.3 Å². The average Bonchev–Trinajstić information content (AvgIpc) is 2.88. The number of carbonyl (C=O) groups is 2. The van der Waals surface area contributed by atoms with E-state index in [1.54, 1.807) is 12.4 Å². The molecule has 0 bridgehead atoms. The van der Waals surface area contributed by atoms with Gasteiger partial charge in [-0.1, -0.05) is 36.7 Å². The van der Waals surface area contributed by atoms with E-state index in [9.17, 15) is 9.59 Å². The number of rotatable bonds is 10. The number of aromatic nitrogens is 3. The zero-order valence-electron chi connectivity index (χ0n) is 20.0. The van der Waals surface area contributed by atoms with Crippen LogP contribution in [-0.2, 0) is 16.1 Å². The summed E-state index contributed by atoms with van der Waals surface area (Å²) in [4.78, 5) is 40.3. The summed E-state index contributed by atoms with van der Waals surface area (Å²) in [5, 5.41) is 7.72. The van der Waals surface area contributed by atoms with Gasteiger partial charge in [0.2, 0.25) is 11.9 Å². The van der Waals surface area contributed by atoms with Crippen LogP contribution in [0.1, 0.15) is 44.6 Å². The molecule has 1 unspecified atom stereocenters. The smallest absolute Gasteiger partial charge is 0.224 e. The van der Waals surface area contributed by atoms with E-state index < -0.39 is 0 Å². The molecule has 2 aromatic heterocycles. The molecule has 0 radical (unpaired) electrons. The van der Waals surface area contributed by atoms with E-state index >= 15 is 0 Å². The van der Waals surface area contributed by atoms with E-state index in [1.165, 1.54) is 0 Å². The quantitative estimate of drug-likeness (QED) is 0.431. The van der Waals surface area contributed by atoms with Gasteiger partial charge in [-0.25, -0.2) is 15.0 Å². The topological polar surface area (TPSA) is 100 Å². The molecule has 1 fully saturated rings. The lowest BCUT2D eigenvalue weighted by Crippen LogP contribution is -2.43. The predicted molar refractivity (Wildman–Crippen MR) is 139 cm³/mol. The van der Waals surface area contributed by atoms with Crippen molar-refractivity contribution in [2.75, 3.05) is 29.9 Å². The summed E-state index contributed by atoms with van der Waals surface area (Å²) in [7, 11) is 0. The van der Waals surface area contributed by atoms with Gasteiger partial charge in [0.25, 0.3) is 0 Å². The number of fused-ring (bicyclic) bond motifs is 1. The van der Waals surface area contributed by atoms with Crippen molar-refractivity contribution in [3.63, 3.8) is 0 Å². The van der Waals surface area contributed by atoms with Crippen LogP contribution in [0.5, 0.6) is 0 Å². The highest BCUT2D eigenvalue weighted by atomic mass is 35.5. The van der Waals surface area contributed by atoms with Gasteiger partial charge in [0.15, 0.2) is 0 Å². The molecule has 35 heavy (non-hydrogen) atoms. The maximum atomic E-state index is 12.7. The van der Waals surface area contributed by atoms with E-state index in [0.29, 0.717) is 43.4 Å². The van der Waals surface area contributed by atoms with Gasteiger partial charge in [0.1, 0.15) is 11.6 Å². The zero-order valence-corrected chi connectivity index (χ0v) is 20.7. The molecule has 0 aliphatic carbocycles. The monoisotopic (exact) mass is 494 g/mol. The van der Waals surface area contributed by atoms with Gasteiger partial charge in [-0.2, -0.15) is 0 Å². The van der Waals surface area contributed by atoms with Crippen LogP contribution in [-0.4, -0.2) is 46.3 Å². The first-order chi connectivity index (χ1) is 17.0. The highest BCUT2D eigenvalue weighted by molar-refractivity contribution is 6.31. The Labute approximate surface area is 210 Å². The molecule has 1 aliphatic rings. The van der Waals surface area contributed by atoms with Crippen molar-refractivity contribution in [2.24, 2.45) is 5.92 Å². The van der Waals surface area contributed by atoms with Gasteiger partial charge in [-0.3, -0.25) is 9.59 Å². The molecule has 0 spiro atoms. The molecule has 3 heterocycles. The summed E-state index contributed by atoms with van der Waals surface area (Å²) in [6.07, 6.45) is 7.04.